The molecule has 1 aromatic carbocycles. The zero-order chi connectivity index (χ0) is 16.7. The van der Waals surface area contributed by atoms with E-state index in [-0.39, 0.29) is 11.9 Å². The molecule has 1 aromatic heterocycles. The first-order valence-corrected chi connectivity index (χ1v) is 9.09. The third kappa shape index (κ3) is 2.51. The van der Waals surface area contributed by atoms with Gasteiger partial charge in [-0.1, -0.05) is 12.1 Å². The van der Waals surface area contributed by atoms with Crippen molar-refractivity contribution in [2.24, 2.45) is 0 Å². The van der Waals surface area contributed by atoms with Crippen molar-refractivity contribution in [3.05, 3.63) is 30.6 Å². The molecule has 4 rings (SSSR count). The lowest BCUT2D eigenvalue weighted by Gasteiger charge is -2.34. The lowest BCUT2D eigenvalue weighted by atomic mass is 10.0. The van der Waals surface area contributed by atoms with Gasteiger partial charge in [0.25, 0.3) is 0 Å². The summed E-state index contributed by atoms with van der Waals surface area (Å²) in [5, 5.41) is 0. The molecule has 2 aromatic rings. The molecule has 0 bridgehead atoms. The van der Waals surface area contributed by atoms with Crippen LogP contribution in [0.2, 0.25) is 0 Å². The maximum Gasteiger partial charge on any atom is 0.245 e. The first kappa shape index (κ1) is 15.6. The van der Waals surface area contributed by atoms with Gasteiger partial charge in [-0.05, 0) is 58.3 Å². The number of hydrogen-bond acceptors (Lipinski definition) is 3. The fourth-order valence-electron chi connectivity index (χ4n) is 4.53. The van der Waals surface area contributed by atoms with Crippen LogP contribution in [0.25, 0.3) is 11.0 Å². The van der Waals surface area contributed by atoms with Gasteiger partial charge in [-0.15, -0.1) is 0 Å². The standard InChI is InChI=1S/C19H26N4O/c1-14(23-13-20-15-7-3-4-8-16(15)23)19(24)22-12-6-10-18(22)17-9-5-11-21(17)2/h3-4,7-8,13-14,17-18H,5-6,9-12H2,1-2H3/t14-,17+,18-/m1/s1. The Kier molecular flexibility index (Phi) is 4.04. The van der Waals surface area contributed by atoms with Crippen molar-refractivity contribution < 1.29 is 4.79 Å². The van der Waals surface area contributed by atoms with E-state index in [1.165, 1.54) is 12.8 Å². The monoisotopic (exact) mass is 326 g/mol. The quantitative estimate of drug-likeness (QED) is 0.871. The molecule has 3 heterocycles. The van der Waals surface area contributed by atoms with Crippen LogP contribution in [0.3, 0.4) is 0 Å². The van der Waals surface area contributed by atoms with Crippen molar-refractivity contribution in [3.63, 3.8) is 0 Å². The molecule has 3 atom stereocenters. The number of carbonyl (C=O) groups excluding carboxylic acids is 1. The average molecular weight is 326 g/mol. The van der Waals surface area contributed by atoms with Gasteiger partial charge in [0.05, 0.1) is 17.4 Å². The largest absolute Gasteiger partial charge is 0.336 e. The SMILES string of the molecule is C[C@H](C(=O)N1CCC[C@@H]1[C@@H]1CCCN1C)n1cnc2ccccc21. The molecule has 5 heteroatoms. The number of para-hydroxylation sites is 2. The fourth-order valence-corrected chi connectivity index (χ4v) is 4.53. The van der Waals surface area contributed by atoms with Crippen LogP contribution in [0.1, 0.15) is 38.6 Å². The second-order valence-corrected chi connectivity index (χ2v) is 7.25. The molecule has 0 N–H and O–H groups in total. The Morgan fingerprint density at radius 1 is 1.17 bits per heavy atom. The van der Waals surface area contributed by atoms with Crippen molar-refractivity contribution in [1.29, 1.82) is 0 Å². The van der Waals surface area contributed by atoms with E-state index in [0.717, 1.165) is 37.0 Å². The zero-order valence-corrected chi connectivity index (χ0v) is 14.6. The maximum absolute atomic E-state index is 13.2. The van der Waals surface area contributed by atoms with Crippen LogP contribution in [0, 0.1) is 0 Å². The number of likely N-dealkylation sites (N-methyl/N-ethyl adjacent to an activating group) is 1. The third-order valence-electron chi connectivity index (χ3n) is 5.86. The van der Waals surface area contributed by atoms with Crippen molar-refractivity contribution in [2.75, 3.05) is 20.1 Å². The molecule has 128 valence electrons. The summed E-state index contributed by atoms with van der Waals surface area (Å²) >= 11 is 0. The summed E-state index contributed by atoms with van der Waals surface area (Å²) in [7, 11) is 2.20. The van der Waals surface area contributed by atoms with Gasteiger partial charge < -0.3 is 14.4 Å². The van der Waals surface area contributed by atoms with Crippen LogP contribution in [0.4, 0.5) is 0 Å². The lowest BCUT2D eigenvalue weighted by molar-refractivity contribution is -0.136. The van der Waals surface area contributed by atoms with E-state index < -0.39 is 0 Å². The van der Waals surface area contributed by atoms with Crippen molar-refractivity contribution in [3.8, 4) is 0 Å². The van der Waals surface area contributed by atoms with Gasteiger partial charge in [-0.3, -0.25) is 4.79 Å². The summed E-state index contributed by atoms with van der Waals surface area (Å²) < 4.78 is 2.02. The van der Waals surface area contributed by atoms with Gasteiger partial charge in [0.15, 0.2) is 0 Å². The van der Waals surface area contributed by atoms with Crippen molar-refractivity contribution in [2.45, 2.75) is 50.7 Å². The van der Waals surface area contributed by atoms with E-state index in [1.54, 1.807) is 6.33 Å². The van der Waals surface area contributed by atoms with E-state index in [9.17, 15) is 4.79 Å². The molecule has 2 saturated heterocycles. The van der Waals surface area contributed by atoms with Crippen LogP contribution in [0.15, 0.2) is 30.6 Å². The van der Waals surface area contributed by atoms with Crippen LogP contribution >= 0.6 is 0 Å². The number of hydrogen-bond donors (Lipinski definition) is 0. The smallest absolute Gasteiger partial charge is 0.245 e. The summed E-state index contributed by atoms with van der Waals surface area (Å²) in [6.07, 6.45) is 6.53. The summed E-state index contributed by atoms with van der Waals surface area (Å²) in [4.78, 5) is 22.2. The molecule has 0 saturated carbocycles. The minimum atomic E-state index is -0.204. The molecule has 24 heavy (non-hydrogen) atoms. The number of likely N-dealkylation sites (tertiary alicyclic amines) is 2. The molecule has 2 fully saturated rings. The number of fused-ring (bicyclic) bond motifs is 1. The molecule has 5 nitrogen and oxygen atoms in total. The molecule has 0 unspecified atom stereocenters. The molecule has 0 spiro atoms. The fraction of sp³-hybridized carbons (Fsp3) is 0.579. The number of nitrogens with zero attached hydrogens (tertiary/aromatic N) is 4. The Hall–Kier alpha value is -1.88. The highest BCUT2D eigenvalue weighted by molar-refractivity contribution is 5.84. The van der Waals surface area contributed by atoms with Gasteiger partial charge in [-0.25, -0.2) is 4.98 Å². The summed E-state index contributed by atoms with van der Waals surface area (Å²) in [5.74, 6) is 0.237. The van der Waals surface area contributed by atoms with Crippen LogP contribution < -0.4 is 0 Å². The van der Waals surface area contributed by atoms with E-state index in [0.29, 0.717) is 12.1 Å². The van der Waals surface area contributed by atoms with Crippen LogP contribution in [-0.2, 0) is 4.79 Å². The molecular weight excluding hydrogens is 300 g/mol. The minimum Gasteiger partial charge on any atom is -0.336 e. The van der Waals surface area contributed by atoms with Crippen LogP contribution in [0.5, 0.6) is 0 Å². The van der Waals surface area contributed by atoms with Crippen LogP contribution in [-0.4, -0.2) is 57.5 Å². The van der Waals surface area contributed by atoms with Gasteiger partial charge in [0, 0.05) is 18.6 Å². The summed E-state index contributed by atoms with van der Waals surface area (Å²) in [6, 6.07) is 8.73. The predicted molar refractivity (Wildman–Crippen MR) is 94.8 cm³/mol. The number of imidazole rings is 1. The van der Waals surface area contributed by atoms with Crippen molar-refractivity contribution >= 4 is 16.9 Å². The first-order valence-electron chi connectivity index (χ1n) is 9.09. The van der Waals surface area contributed by atoms with Gasteiger partial charge in [-0.2, -0.15) is 0 Å². The Morgan fingerprint density at radius 2 is 1.92 bits per heavy atom. The average Bonchev–Trinajstić information content (AvgIpc) is 3.31. The minimum absolute atomic E-state index is 0.204. The summed E-state index contributed by atoms with van der Waals surface area (Å²) in [5.41, 5.74) is 1.98. The number of amides is 1. The van der Waals surface area contributed by atoms with E-state index in [1.807, 2.05) is 35.8 Å². The Balaban J connectivity index is 1.58. The molecule has 1 amide bonds. The molecule has 2 aliphatic rings. The normalized spacial score (nSPS) is 26.3. The highest BCUT2D eigenvalue weighted by Crippen LogP contribution is 2.31. The number of carbonyl (C=O) groups is 1. The number of benzene rings is 1. The zero-order valence-electron chi connectivity index (χ0n) is 14.6. The highest BCUT2D eigenvalue weighted by Gasteiger charge is 2.39. The number of rotatable bonds is 3. The predicted octanol–water partition coefficient (Wildman–Crippen LogP) is 2.68. The first-order chi connectivity index (χ1) is 11.7. The molecule has 2 aliphatic heterocycles. The second-order valence-electron chi connectivity index (χ2n) is 7.25. The summed E-state index contributed by atoms with van der Waals surface area (Å²) in [6.45, 7) is 4.06. The van der Waals surface area contributed by atoms with Gasteiger partial charge >= 0.3 is 0 Å². The van der Waals surface area contributed by atoms with Gasteiger partial charge in [0.1, 0.15) is 6.04 Å². The topological polar surface area (TPSA) is 41.4 Å². The molecular formula is C19H26N4O. The van der Waals surface area contributed by atoms with E-state index >= 15 is 0 Å². The molecule has 0 radical (unpaired) electrons. The van der Waals surface area contributed by atoms with Crippen molar-refractivity contribution in [1.82, 2.24) is 19.4 Å². The Bertz CT molecular complexity index is 740. The Labute approximate surface area is 143 Å². The number of aromatic nitrogens is 2. The van der Waals surface area contributed by atoms with E-state index in [2.05, 4.69) is 21.8 Å². The third-order valence-corrected chi connectivity index (χ3v) is 5.86. The molecule has 0 aliphatic carbocycles. The van der Waals surface area contributed by atoms with E-state index in [4.69, 9.17) is 0 Å². The highest BCUT2D eigenvalue weighted by atomic mass is 16.2. The Morgan fingerprint density at radius 3 is 2.71 bits per heavy atom. The van der Waals surface area contributed by atoms with Gasteiger partial charge in [0.2, 0.25) is 5.91 Å². The lowest BCUT2D eigenvalue weighted by Crippen LogP contribution is -2.48. The maximum atomic E-state index is 13.2. The second kappa shape index (κ2) is 6.20.